The highest BCUT2D eigenvalue weighted by atomic mass is 19.1. The number of aromatic carboxylic acids is 1. The zero-order chi connectivity index (χ0) is 25.7. The van der Waals surface area contributed by atoms with E-state index in [1.807, 2.05) is 6.07 Å². The molecule has 1 spiro atoms. The van der Waals surface area contributed by atoms with Crippen LogP contribution in [0.15, 0.2) is 60.9 Å². The number of amides is 1. The summed E-state index contributed by atoms with van der Waals surface area (Å²) in [6, 6.07) is 12.6. The molecule has 0 atom stereocenters. The topological polar surface area (TPSA) is 99.8 Å². The highest BCUT2D eigenvalue weighted by Gasteiger charge is 2.39. The van der Waals surface area contributed by atoms with Gasteiger partial charge in [0.25, 0.3) is 5.91 Å². The van der Waals surface area contributed by atoms with E-state index in [1.165, 1.54) is 40.2 Å². The first-order valence-corrected chi connectivity index (χ1v) is 12.1. The maximum atomic E-state index is 13.8. The van der Waals surface area contributed by atoms with Crippen molar-refractivity contribution in [3.63, 3.8) is 0 Å². The number of aryl methyl sites for hydroxylation is 1. The largest absolute Gasteiger partial charge is 0.477 e. The number of benzene rings is 2. The molecule has 1 amide bonds. The Morgan fingerprint density at radius 2 is 1.86 bits per heavy atom. The summed E-state index contributed by atoms with van der Waals surface area (Å²) in [5.74, 6) is -1.49. The van der Waals surface area contributed by atoms with Crippen LogP contribution in [-0.2, 0) is 5.41 Å². The summed E-state index contributed by atoms with van der Waals surface area (Å²) < 4.78 is 15.0. The lowest BCUT2D eigenvalue weighted by Crippen LogP contribution is -2.44. The van der Waals surface area contributed by atoms with Gasteiger partial charge in [0, 0.05) is 30.4 Å². The van der Waals surface area contributed by atoms with Crippen molar-refractivity contribution in [3.8, 4) is 0 Å². The van der Waals surface area contributed by atoms with Crippen LogP contribution in [0.5, 0.6) is 0 Å². The van der Waals surface area contributed by atoms with Crippen molar-refractivity contribution in [3.05, 3.63) is 94.6 Å². The molecule has 2 aromatic heterocycles. The molecule has 1 aliphatic carbocycles. The number of piperidine rings is 1. The SMILES string of the molecule is Cc1cc(F)ccc1Nc1c(C(=O)N2CCC3(C=Cc4ccccc43)CC2)cnc2c(C(=O)O)cnn12. The highest BCUT2D eigenvalue weighted by molar-refractivity contribution is 6.01. The number of carboxylic acid groups (broad SMARTS) is 1. The number of anilines is 2. The predicted octanol–water partition coefficient (Wildman–Crippen LogP) is 4.82. The maximum absolute atomic E-state index is 13.8. The van der Waals surface area contributed by atoms with Crippen molar-refractivity contribution in [1.29, 1.82) is 0 Å². The zero-order valence-corrected chi connectivity index (χ0v) is 20.1. The summed E-state index contributed by atoms with van der Waals surface area (Å²) >= 11 is 0. The van der Waals surface area contributed by atoms with Crippen molar-refractivity contribution in [2.45, 2.75) is 25.2 Å². The van der Waals surface area contributed by atoms with E-state index in [0.29, 0.717) is 24.3 Å². The first kappa shape index (κ1) is 22.9. The lowest BCUT2D eigenvalue weighted by atomic mass is 9.74. The molecule has 9 heteroatoms. The van der Waals surface area contributed by atoms with Crippen molar-refractivity contribution < 1.29 is 19.1 Å². The van der Waals surface area contributed by atoms with Gasteiger partial charge >= 0.3 is 5.97 Å². The Balaban J connectivity index is 1.35. The third kappa shape index (κ3) is 3.74. The van der Waals surface area contributed by atoms with Crippen molar-refractivity contribution in [2.75, 3.05) is 18.4 Å². The zero-order valence-electron chi connectivity index (χ0n) is 20.1. The number of carbonyl (C=O) groups is 2. The van der Waals surface area contributed by atoms with Gasteiger partial charge in [0.05, 0.1) is 6.20 Å². The fourth-order valence-corrected chi connectivity index (χ4v) is 5.40. The molecule has 2 aliphatic rings. The van der Waals surface area contributed by atoms with Gasteiger partial charge < -0.3 is 15.3 Å². The number of hydrogen-bond acceptors (Lipinski definition) is 5. The summed E-state index contributed by atoms with van der Waals surface area (Å²) in [6.07, 6.45) is 8.61. The van der Waals surface area contributed by atoms with E-state index in [1.54, 1.807) is 17.9 Å². The minimum atomic E-state index is -1.17. The minimum absolute atomic E-state index is 0.0692. The molecule has 1 saturated heterocycles. The Morgan fingerprint density at radius 1 is 1.08 bits per heavy atom. The molecule has 4 aromatic rings. The van der Waals surface area contributed by atoms with Crippen LogP contribution < -0.4 is 5.32 Å². The molecule has 3 heterocycles. The van der Waals surface area contributed by atoms with Gasteiger partial charge in [0.15, 0.2) is 5.65 Å². The Morgan fingerprint density at radius 3 is 2.62 bits per heavy atom. The second-order valence-corrected chi connectivity index (χ2v) is 9.57. The van der Waals surface area contributed by atoms with E-state index in [4.69, 9.17) is 0 Å². The summed E-state index contributed by atoms with van der Waals surface area (Å²) in [6.45, 7) is 2.86. The minimum Gasteiger partial charge on any atom is -0.477 e. The third-order valence-electron chi connectivity index (χ3n) is 7.45. The molecule has 2 aromatic carbocycles. The van der Waals surface area contributed by atoms with Crippen LogP contribution in [0.25, 0.3) is 11.7 Å². The molecule has 186 valence electrons. The van der Waals surface area contributed by atoms with Crippen LogP contribution >= 0.6 is 0 Å². The van der Waals surface area contributed by atoms with Gasteiger partial charge in [-0.2, -0.15) is 9.61 Å². The van der Waals surface area contributed by atoms with E-state index in [-0.39, 0.29) is 39.7 Å². The number of aromatic nitrogens is 3. The van der Waals surface area contributed by atoms with Crippen molar-refractivity contribution >= 4 is 35.1 Å². The van der Waals surface area contributed by atoms with E-state index in [0.717, 1.165) is 12.8 Å². The number of hydrogen-bond donors (Lipinski definition) is 2. The van der Waals surface area contributed by atoms with Gasteiger partial charge in [0.2, 0.25) is 0 Å². The Bertz CT molecular complexity index is 1600. The van der Waals surface area contributed by atoms with Gasteiger partial charge in [-0.25, -0.2) is 14.2 Å². The number of halogens is 1. The molecule has 6 rings (SSSR count). The predicted molar refractivity (Wildman–Crippen MR) is 137 cm³/mol. The van der Waals surface area contributed by atoms with Crippen LogP contribution in [0.3, 0.4) is 0 Å². The van der Waals surface area contributed by atoms with E-state index >= 15 is 0 Å². The number of rotatable bonds is 4. The van der Waals surface area contributed by atoms with Crippen LogP contribution in [0.2, 0.25) is 0 Å². The number of allylic oxidation sites excluding steroid dienone is 1. The molecule has 1 fully saturated rings. The smallest absolute Gasteiger partial charge is 0.341 e. The molecule has 2 N–H and O–H groups in total. The number of carbonyl (C=O) groups excluding carboxylic acids is 1. The average Bonchev–Trinajstić information content (AvgIpc) is 3.49. The lowest BCUT2D eigenvalue weighted by molar-refractivity contribution is 0.0685. The molecule has 0 saturated carbocycles. The molecule has 1 aliphatic heterocycles. The van der Waals surface area contributed by atoms with E-state index in [9.17, 15) is 19.1 Å². The normalized spacial score (nSPS) is 15.8. The molecular formula is C28H24FN5O3. The number of carboxylic acids is 1. The second kappa shape index (κ2) is 8.55. The van der Waals surface area contributed by atoms with Gasteiger partial charge in [-0.3, -0.25) is 4.79 Å². The second-order valence-electron chi connectivity index (χ2n) is 9.57. The Labute approximate surface area is 212 Å². The highest BCUT2D eigenvalue weighted by Crippen LogP contribution is 2.44. The molecule has 0 radical (unpaired) electrons. The van der Waals surface area contributed by atoms with E-state index < -0.39 is 5.97 Å². The van der Waals surface area contributed by atoms with Crippen LogP contribution in [-0.4, -0.2) is 49.6 Å². The standard InChI is InChI=1S/C28H24FN5O3/c1-17-14-19(29)6-7-23(17)32-25-20(15-30-24-21(27(36)37)16-31-34(24)25)26(35)33-12-10-28(11-13-33)9-8-18-4-2-3-5-22(18)28/h2-9,14-16,32H,10-13H2,1H3,(H,36,37). The maximum Gasteiger partial charge on any atom is 0.341 e. The van der Waals surface area contributed by atoms with Crippen LogP contribution in [0, 0.1) is 12.7 Å². The Kier molecular flexibility index (Phi) is 5.29. The van der Waals surface area contributed by atoms with Crippen molar-refractivity contribution in [2.24, 2.45) is 0 Å². The van der Waals surface area contributed by atoms with Gasteiger partial charge in [-0.15, -0.1) is 0 Å². The average molecular weight is 498 g/mol. The number of nitrogens with one attached hydrogen (secondary N) is 1. The number of fused-ring (bicyclic) bond motifs is 3. The number of nitrogens with zero attached hydrogens (tertiary/aromatic N) is 4. The van der Waals surface area contributed by atoms with E-state index in [2.05, 4.69) is 45.8 Å². The van der Waals surface area contributed by atoms with Gasteiger partial charge in [-0.1, -0.05) is 36.4 Å². The first-order chi connectivity index (χ1) is 17.9. The van der Waals surface area contributed by atoms with Crippen molar-refractivity contribution in [1.82, 2.24) is 19.5 Å². The van der Waals surface area contributed by atoms with Gasteiger partial charge in [0.1, 0.15) is 22.8 Å². The molecule has 8 nitrogen and oxygen atoms in total. The molecule has 37 heavy (non-hydrogen) atoms. The fraction of sp³-hybridized carbons (Fsp3) is 0.214. The molecular weight excluding hydrogens is 473 g/mol. The lowest BCUT2D eigenvalue weighted by Gasteiger charge is -2.39. The molecule has 0 bridgehead atoms. The molecule has 0 unspecified atom stereocenters. The fourth-order valence-electron chi connectivity index (χ4n) is 5.40. The van der Waals surface area contributed by atoms with Crippen LogP contribution in [0.1, 0.15) is 50.2 Å². The Hall–Kier alpha value is -4.53. The summed E-state index contributed by atoms with van der Waals surface area (Å²) in [5.41, 5.74) is 3.94. The summed E-state index contributed by atoms with van der Waals surface area (Å²) in [5, 5.41) is 16.9. The monoisotopic (exact) mass is 497 g/mol. The van der Waals surface area contributed by atoms with Crippen LogP contribution in [0.4, 0.5) is 15.9 Å². The third-order valence-corrected chi connectivity index (χ3v) is 7.45. The van der Waals surface area contributed by atoms with Gasteiger partial charge in [-0.05, 0) is 54.7 Å². The first-order valence-electron chi connectivity index (χ1n) is 12.1. The summed E-state index contributed by atoms with van der Waals surface area (Å²) in [7, 11) is 0. The summed E-state index contributed by atoms with van der Waals surface area (Å²) in [4.78, 5) is 31.5. The number of likely N-dealkylation sites (tertiary alicyclic amines) is 1. The quantitative estimate of drug-likeness (QED) is 0.419.